The van der Waals surface area contributed by atoms with Crippen LogP contribution in [0.4, 0.5) is 9.59 Å². The van der Waals surface area contributed by atoms with E-state index in [-0.39, 0.29) is 12.0 Å². The number of hydrogen-bond acceptors (Lipinski definition) is 5. The first-order chi connectivity index (χ1) is 14.4. The number of imide groups is 3. The van der Waals surface area contributed by atoms with Gasteiger partial charge in [-0.05, 0) is 50.9 Å². The quantitative estimate of drug-likeness (QED) is 0.389. The van der Waals surface area contributed by atoms with Crippen LogP contribution >= 0.6 is 0 Å². The molecule has 1 saturated heterocycles. The molecule has 9 heteroatoms. The van der Waals surface area contributed by atoms with Crippen LogP contribution in [-0.2, 0) is 14.4 Å². The molecule has 7 amide bonds. The largest absolute Gasteiger partial charge is 0.337 e. The Morgan fingerprint density at radius 3 is 2.53 bits per heavy atom. The molecule has 0 bridgehead atoms. The number of nitrogens with zero attached hydrogens (tertiary/aromatic N) is 2. The summed E-state index contributed by atoms with van der Waals surface area (Å²) in [5.74, 6) is -2.61. The van der Waals surface area contributed by atoms with E-state index in [0.717, 1.165) is 49.8 Å². The molecule has 1 heterocycles. The highest BCUT2D eigenvalue weighted by molar-refractivity contribution is 6.45. The first-order valence-electron chi connectivity index (χ1n) is 10.8. The van der Waals surface area contributed by atoms with Gasteiger partial charge >= 0.3 is 23.9 Å². The van der Waals surface area contributed by atoms with Crippen LogP contribution in [0.5, 0.6) is 0 Å². The van der Waals surface area contributed by atoms with E-state index in [1.165, 1.54) is 12.0 Å². The van der Waals surface area contributed by atoms with Crippen molar-refractivity contribution < 1.29 is 24.0 Å². The molecule has 0 spiro atoms. The maximum atomic E-state index is 12.7. The number of rotatable bonds is 6. The van der Waals surface area contributed by atoms with E-state index in [9.17, 15) is 24.0 Å². The second kappa shape index (κ2) is 9.86. The van der Waals surface area contributed by atoms with Crippen LogP contribution < -0.4 is 10.6 Å². The number of allylic oxidation sites excluding steroid dienone is 1. The standard InChI is InChI=1S/C21H30N4O5/c1-14-7-5-6-10-16(14)25-19(28)18(27)24(21(25)30)13-17(26)23-20(29)22-12-11-15-8-3-2-4-9-15/h8,14,16H,2-7,9-13H2,1H3,(H2,22,23,26,29)/t14-,16-/m0/s1. The van der Waals surface area contributed by atoms with Crippen LogP contribution in [0.2, 0.25) is 0 Å². The molecule has 0 aromatic rings. The summed E-state index contributed by atoms with van der Waals surface area (Å²) in [5, 5.41) is 4.73. The third-order valence-electron chi connectivity index (χ3n) is 6.15. The number of amides is 7. The van der Waals surface area contributed by atoms with Crippen molar-refractivity contribution in [2.24, 2.45) is 5.92 Å². The molecule has 1 saturated carbocycles. The molecule has 2 aliphatic carbocycles. The van der Waals surface area contributed by atoms with Crippen molar-refractivity contribution >= 4 is 29.8 Å². The number of carbonyl (C=O) groups excluding carboxylic acids is 5. The number of nitrogens with one attached hydrogen (secondary N) is 2. The Kier molecular flexibility index (Phi) is 7.23. The Bertz CT molecular complexity index is 762. The van der Waals surface area contributed by atoms with Gasteiger partial charge in [0.2, 0.25) is 5.91 Å². The summed E-state index contributed by atoms with van der Waals surface area (Å²) in [6.07, 6.45) is 10.8. The molecule has 2 fully saturated rings. The lowest BCUT2D eigenvalue weighted by Crippen LogP contribution is -2.48. The van der Waals surface area contributed by atoms with E-state index in [1.807, 2.05) is 6.92 Å². The molecule has 0 radical (unpaired) electrons. The summed E-state index contributed by atoms with van der Waals surface area (Å²) in [7, 11) is 0. The van der Waals surface area contributed by atoms with Crippen molar-refractivity contribution in [2.45, 2.75) is 70.8 Å². The van der Waals surface area contributed by atoms with E-state index < -0.39 is 36.3 Å². The number of carbonyl (C=O) groups is 5. The van der Waals surface area contributed by atoms with E-state index in [4.69, 9.17) is 0 Å². The summed E-state index contributed by atoms with van der Waals surface area (Å²) in [6.45, 7) is 1.70. The Morgan fingerprint density at radius 2 is 1.83 bits per heavy atom. The lowest BCUT2D eigenvalue weighted by Gasteiger charge is -2.34. The summed E-state index contributed by atoms with van der Waals surface area (Å²) in [4.78, 5) is 63.0. The Labute approximate surface area is 176 Å². The van der Waals surface area contributed by atoms with E-state index in [1.54, 1.807) is 0 Å². The van der Waals surface area contributed by atoms with Gasteiger partial charge in [-0.25, -0.2) is 14.5 Å². The van der Waals surface area contributed by atoms with E-state index in [2.05, 4.69) is 16.7 Å². The first-order valence-corrected chi connectivity index (χ1v) is 10.8. The average Bonchev–Trinajstić information content (AvgIpc) is 2.92. The number of hydrogen-bond donors (Lipinski definition) is 2. The van der Waals surface area contributed by atoms with Crippen molar-refractivity contribution in [3.05, 3.63) is 11.6 Å². The van der Waals surface area contributed by atoms with E-state index >= 15 is 0 Å². The van der Waals surface area contributed by atoms with Gasteiger partial charge in [0.05, 0.1) is 0 Å². The molecular formula is C21H30N4O5. The molecule has 3 rings (SSSR count). The van der Waals surface area contributed by atoms with Crippen LogP contribution in [0.1, 0.15) is 64.7 Å². The third kappa shape index (κ3) is 5.06. The first kappa shape index (κ1) is 22.0. The Hall–Kier alpha value is -2.71. The van der Waals surface area contributed by atoms with Crippen LogP contribution in [0, 0.1) is 5.92 Å². The zero-order valence-electron chi connectivity index (χ0n) is 17.4. The van der Waals surface area contributed by atoms with Crippen molar-refractivity contribution in [2.75, 3.05) is 13.1 Å². The highest BCUT2D eigenvalue weighted by Crippen LogP contribution is 2.31. The molecule has 0 unspecified atom stereocenters. The minimum Gasteiger partial charge on any atom is -0.337 e. The van der Waals surface area contributed by atoms with Crippen LogP contribution in [0.15, 0.2) is 11.6 Å². The fraction of sp³-hybridized carbons (Fsp3) is 0.667. The Morgan fingerprint density at radius 1 is 1.07 bits per heavy atom. The minimum atomic E-state index is -1.02. The second-order valence-corrected chi connectivity index (χ2v) is 8.34. The maximum absolute atomic E-state index is 12.7. The van der Waals surface area contributed by atoms with Gasteiger partial charge in [0.1, 0.15) is 6.54 Å². The summed E-state index contributed by atoms with van der Waals surface area (Å²) >= 11 is 0. The highest BCUT2D eigenvalue weighted by Gasteiger charge is 2.49. The fourth-order valence-corrected chi connectivity index (χ4v) is 4.46. The fourth-order valence-electron chi connectivity index (χ4n) is 4.46. The third-order valence-corrected chi connectivity index (χ3v) is 6.15. The average molecular weight is 418 g/mol. The van der Waals surface area contributed by atoms with Gasteiger partial charge in [0.25, 0.3) is 0 Å². The molecule has 164 valence electrons. The van der Waals surface area contributed by atoms with Gasteiger partial charge < -0.3 is 5.32 Å². The SMILES string of the molecule is C[C@H]1CCCC[C@@H]1N1C(=O)C(=O)N(CC(=O)NC(=O)NCCC2=CCCCC2)C1=O. The second-order valence-electron chi connectivity index (χ2n) is 8.34. The summed E-state index contributed by atoms with van der Waals surface area (Å²) in [5.41, 5.74) is 1.30. The molecule has 9 nitrogen and oxygen atoms in total. The van der Waals surface area contributed by atoms with E-state index in [0.29, 0.717) is 17.9 Å². The zero-order valence-corrected chi connectivity index (χ0v) is 17.4. The van der Waals surface area contributed by atoms with Crippen molar-refractivity contribution in [1.29, 1.82) is 0 Å². The van der Waals surface area contributed by atoms with Gasteiger partial charge in [0.15, 0.2) is 0 Å². The predicted molar refractivity (Wildman–Crippen MR) is 108 cm³/mol. The van der Waals surface area contributed by atoms with Gasteiger partial charge in [-0.1, -0.05) is 31.4 Å². The highest BCUT2D eigenvalue weighted by atomic mass is 16.2. The van der Waals surface area contributed by atoms with Crippen molar-refractivity contribution in [1.82, 2.24) is 20.4 Å². The van der Waals surface area contributed by atoms with Gasteiger partial charge in [-0.2, -0.15) is 0 Å². The van der Waals surface area contributed by atoms with Gasteiger partial charge in [-0.15, -0.1) is 0 Å². The Balaban J connectivity index is 1.48. The molecule has 30 heavy (non-hydrogen) atoms. The van der Waals surface area contributed by atoms with Crippen LogP contribution in [-0.4, -0.2) is 58.7 Å². The smallest absolute Gasteiger partial charge is 0.334 e. The maximum Gasteiger partial charge on any atom is 0.334 e. The molecule has 0 aromatic heterocycles. The molecular weight excluding hydrogens is 388 g/mol. The van der Waals surface area contributed by atoms with Crippen LogP contribution in [0.25, 0.3) is 0 Å². The summed E-state index contributed by atoms with van der Waals surface area (Å²) < 4.78 is 0. The lowest BCUT2D eigenvalue weighted by molar-refractivity contribution is -0.145. The van der Waals surface area contributed by atoms with Gasteiger partial charge in [-0.3, -0.25) is 24.6 Å². The van der Waals surface area contributed by atoms with Gasteiger partial charge in [0, 0.05) is 12.6 Å². The van der Waals surface area contributed by atoms with Crippen molar-refractivity contribution in [3.63, 3.8) is 0 Å². The lowest BCUT2D eigenvalue weighted by atomic mass is 9.85. The topological polar surface area (TPSA) is 116 Å². The monoisotopic (exact) mass is 418 g/mol. The van der Waals surface area contributed by atoms with Crippen molar-refractivity contribution in [3.8, 4) is 0 Å². The molecule has 0 aromatic carbocycles. The normalized spacial score (nSPS) is 24.7. The molecule has 1 aliphatic heterocycles. The predicted octanol–water partition coefficient (Wildman–Crippen LogP) is 2.07. The van der Waals surface area contributed by atoms with Crippen LogP contribution in [0.3, 0.4) is 0 Å². The molecule has 2 N–H and O–H groups in total. The molecule has 3 aliphatic rings. The molecule has 2 atom stereocenters. The zero-order chi connectivity index (χ0) is 21.7. The minimum absolute atomic E-state index is 0.110. The number of urea groups is 2. The summed E-state index contributed by atoms with van der Waals surface area (Å²) in [6, 6.07) is -1.78.